The van der Waals surface area contributed by atoms with E-state index < -0.39 is 23.0 Å². The highest BCUT2D eigenvalue weighted by molar-refractivity contribution is 5.76. The van der Waals surface area contributed by atoms with Gasteiger partial charge in [0.1, 0.15) is 0 Å². The van der Waals surface area contributed by atoms with E-state index in [-0.39, 0.29) is 16.2 Å². The number of aliphatic hydroxyl groups is 1. The van der Waals surface area contributed by atoms with Crippen LogP contribution in [0, 0.1) is 51.2 Å². The second kappa shape index (κ2) is 6.50. The molecule has 0 aromatic heterocycles. The zero-order valence-electron chi connectivity index (χ0n) is 20.4. The lowest BCUT2D eigenvalue weighted by Gasteiger charge is -2.72. The van der Waals surface area contributed by atoms with E-state index >= 15 is 0 Å². The molecule has 5 fully saturated rings. The molecule has 0 aromatic rings. The molecule has 4 N–H and O–H groups in total. The minimum absolute atomic E-state index is 0.173. The lowest BCUT2D eigenvalue weighted by atomic mass is 9.33. The first kappa shape index (κ1) is 22.2. The summed E-state index contributed by atoms with van der Waals surface area (Å²) in [4.78, 5) is 12.5. The summed E-state index contributed by atoms with van der Waals surface area (Å²) in [5, 5.41) is 21.0. The Balaban J connectivity index is 1.55. The highest BCUT2D eigenvalue weighted by Crippen LogP contribution is 2.76. The van der Waals surface area contributed by atoms with Gasteiger partial charge in [-0.15, -0.1) is 0 Å². The van der Waals surface area contributed by atoms with E-state index in [9.17, 15) is 15.0 Å². The Morgan fingerprint density at radius 2 is 1.55 bits per heavy atom. The van der Waals surface area contributed by atoms with E-state index in [1.807, 2.05) is 0 Å². The Morgan fingerprint density at radius 1 is 0.839 bits per heavy atom. The van der Waals surface area contributed by atoms with Crippen LogP contribution in [-0.4, -0.2) is 27.8 Å². The van der Waals surface area contributed by atoms with E-state index in [4.69, 9.17) is 5.73 Å². The van der Waals surface area contributed by atoms with E-state index in [1.54, 1.807) is 0 Å². The fourth-order valence-corrected chi connectivity index (χ4v) is 11.0. The molecular weight excluding hydrogens is 386 g/mol. The van der Waals surface area contributed by atoms with Gasteiger partial charge in [0.2, 0.25) is 0 Å². The van der Waals surface area contributed by atoms with Gasteiger partial charge in [0.25, 0.3) is 0 Å². The quantitative estimate of drug-likeness (QED) is 0.531. The summed E-state index contributed by atoms with van der Waals surface area (Å²) >= 11 is 0. The van der Waals surface area contributed by atoms with Crippen molar-refractivity contribution in [2.24, 2.45) is 57.0 Å². The van der Waals surface area contributed by atoms with Gasteiger partial charge in [-0.1, -0.05) is 27.7 Å². The number of carboxylic acid groups (broad SMARTS) is 1. The lowest BCUT2D eigenvalue weighted by molar-refractivity contribution is -0.239. The molecule has 5 aliphatic rings. The number of carbonyl (C=O) groups is 1. The van der Waals surface area contributed by atoms with E-state index in [1.165, 1.54) is 19.3 Å². The number of aliphatic hydroxyl groups excluding tert-OH is 1. The number of carboxylic acids is 1. The number of hydrogen-bond donors (Lipinski definition) is 3. The molecule has 11 atom stereocenters. The van der Waals surface area contributed by atoms with Gasteiger partial charge in [0, 0.05) is 5.54 Å². The van der Waals surface area contributed by atoms with Crippen LogP contribution in [0.5, 0.6) is 0 Å². The van der Waals surface area contributed by atoms with Crippen molar-refractivity contribution in [3.8, 4) is 0 Å². The number of nitrogens with two attached hydrogens (primary N) is 1. The Bertz CT molecular complexity index is 780. The van der Waals surface area contributed by atoms with E-state index in [0.717, 1.165) is 44.9 Å². The summed E-state index contributed by atoms with van der Waals surface area (Å²) in [6, 6.07) is 0. The van der Waals surface area contributed by atoms with Crippen LogP contribution in [0.25, 0.3) is 0 Å². The van der Waals surface area contributed by atoms with Crippen molar-refractivity contribution >= 4 is 5.97 Å². The largest absolute Gasteiger partial charge is 0.481 e. The van der Waals surface area contributed by atoms with Crippen LogP contribution in [0.15, 0.2) is 0 Å². The molecular formula is C27H45NO3. The van der Waals surface area contributed by atoms with Crippen molar-refractivity contribution in [3.63, 3.8) is 0 Å². The fraction of sp³-hybridized carbons (Fsp3) is 0.963. The summed E-state index contributed by atoms with van der Waals surface area (Å²) in [5.41, 5.74) is 6.44. The molecule has 0 bridgehead atoms. The number of aliphatic carboxylic acids is 1. The molecule has 5 aliphatic carbocycles. The third kappa shape index (κ3) is 2.47. The standard InChI is InChI=1S/C27H45NO3/c1-16-8-13-27(22(30)31)15-14-24(3)17(21(16)27)6-7-18-23(2)11-10-20(29)26(5,28)19(23)9-12-25(18,24)4/h16-21,29H,6-15,28H2,1-5H3,(H,30,31)/t16?,17?,18?,19?,20-,21?,23+,24+,25+,26+,27-/m0/s1. The SMILES string of the molecule is CC1CC[C@]2(C(=O)O)CC[C@]3(C)C(CCC4[C@@]5(C)CC[C@H](O)[C@](C)(N)C5CC[C@]43C)C12. The van der Waals surface area contributed by atoms with Crippen molar-refractivity contribution in [2.45, 2.75) is 110 Å². The Hall–Kier alpha value is -0.610. The van der Waals surface area contributed by atoms with Gasteiger partial charge in [-0.05, 0) is 117 Å². The van der Waals surface area contributed by atoms with Crippen LogP contribution in [0.3, 0.4) is 0 Å². The first-order valence-electron chi connectivity index (χ1n) is 13.0. The average molecular weight is 432 g/mol. The smallest absolute Gasteiger partial charge is 0.309 e. The molecule has 0 spiro atoms. The van der Waals surface area contributed by atoms with Crippen molar-refractivity contribution < 1.29 is 15.0 Å². The van der Waals surface area contributed by atoms with Gasteiger partial charge in [-0.3, -0.25) is 4.79 Å². The maximum atomic E-state index is 12.5. The summed E-state index contributed by atoms with van der Waals surface area (Å²) in [6.07, 6.45) is 10.0. The van der Waals surface area contributed by atoms with Gasteiger partial charge in [-0.25, -0.2) is 0 Å². The molecule has 31 heavy (non-hydrogen) atoms. The maximum absolute atomic E-state index is 12.5. The summed E-state index contributed by atoms with van der Waals surface area (Å²) in [5.74, 6) is 1.84. The van der Waals surface area contributed by atoms with Gasteiger partial charge >= 0.3 is 5.97 Å². The van der Waals surface area contributed by atoms with Crippen LogP contribution in [0.4, 0.5) is 0 Å². The van der Waals surface area contributed by atoms with Crippen LogP contribution >= 0.6 is 0 Å². The molecule has 0 aliphatic heterocycles. The molecule has 0 aromatic carbocycles. The van der Waals surface area contributed by atoms with Crippen LogP contribution in [-0.2, 0) is 4.79 Å². The maximum Gasteiger partial charge on any atom is 0.309 e. The molecule has 4 heteroatoms. The molecule has 4 nitrogen and oxygen atoms in total. The molecule has 5 saturated carbocycles. The second-order valence-electron chi connectivity index (χ2n) is 13.6. The van der Waals surface area contributed by atoms with Crippen LogP contribution < -0.4 is 5.73 Å². The van der Waals surface area contributed by atoms with Gasteiger partial charge < -0.3 is 15.9 Å². The Morgan fingerprint density at radius 3 is 2.23 bits per heavy atom. The van der Waals surface area contributed by atoms with E-state index in [0.29, 0.717) is 29.6 Å². The minimum atomic E-state index is -0.521. The molecule has 0 heterocycles. The highest BCUT2D eigenvalue weighted by Gasteiger charge is 2.71. The number of hydrogen-bond acceptors (Lipinski definition) is 3. The molecule has 176 valence electrons. The van der Waals surface area contributed by atoms with Gasteiger partial charge in [0.05, 0.1) is 11.5 Å². The zero-order valence-corrected chi connectivity index (χ0v) is 20.4. The molecule has 5 rings (SSSR count). The average Bonchev–Trinajstić information content (AvgIpc) is 3.04. The normalized spacial score (nSPS) is 61.0. The third-order valence-corrected chi connectivity index (χ3v) is 12.9. The summed E-state index contributed by atoms with van der Waals surface area (Å²) < 4.78 is 0. The summed E-state index contributed by atoms with van der Waals surface area (Å²) in [6.45, 7) is 12.0. The van der Waals surface area contributed by atoms with Crippen molar-refractivity contribution in [1.29, 1.82) is 0 Å². The minimum Gasteiger partial charge on any atom is -0.481 e. The molecule has 0 radical (unpaired) electrons. The number of rotatable bonds is 1. The van der Waals surface area contributed by atoms with Gasteiger partial charge in [-0.2, -0.15) is 0 Å². The molecule has 5 unspecified atom stereocenters. The topological polar surface area (TPSA) is 83.5 Å². The molecule has 0 amide bonds. The van der Waals surface area contributed by atoms with Crippen molar-refractivity contribution in [1.82, 2.24) is 0 Å². The van der Waals surface area contributed by atoms with E-state index in [2.05, 4.69) is 34.6 Å². The Kier molecular flexibility index (Phi) is 4.65. The van der Waals surface area contributed by atoms with Crippen molar-refractivity contribution in [2.75, 3.05) is 0 Å². The first-order valence-corrected chi connectivity index (χ1v) is 13.0. The molecule has 0 saturated heterocycles. The van der Waals surface area contributed by atoms with Crippen molar-refractivity contribution in [3.05, 3.63) is 0 Å². The predicted octanol–water partition coefficient (Wildman–Crippen LogP) is 5.22. The van der Waals surface area contributed by atoms with Crippen LogP contribution in [0.2, 0.25) is 0 Å². The lowest BCUT2D eigenvalue weighted by Crippen LogP contribution is -2.70. The second-order valence-corrected chi connectivity index (χ2v) is 13.6. The van der Waals surface area contributed by atoms with Crippen LogP contribution in [0.1, 0.15) is 98.8 Å². The fourth-order valence-electron chi connectivity index (χ4n) is 11.0. The first-order chi connectivity index (χ1) is 14.3. The monoisotopic (exact) mass is 431 g/mol. The Labute approximate surface area is 188 Å². The highest BCUT2D eigenvalue weighted by atomic mass is 16.4. The zero-order chi connectivity index (χ0) is 22.6. The predicted molar refractivity (Wildman–Crippen MR) is 122 cm³/mol. The summed E-state index contributed by atoms with van der Waals surface area (Å²) in [7, 11) is 0. The third-order valence-electron chi connectivity index (χ3n) is 12.9. The number of fused-ring (bicyclic) bond motifs is 7. The van der Waals surface area contributed by atoms with Gasteiger partial charge in [0.15, 0.2) is 0 Å².